The fourth-order valence-electron chi connectivity index (χ4n) is 1.97. The molecule has 6 nitrogen and oxygen atoms in total. The van der Waals surface area contributed by atoms with Gasteiger partial charge in [0.15, 0.2) is 5.96 Å². The van der Waals surface area contributed by atoms with Gasteiger partial charge in [0.05, 0.1) is 36.1 Å². The molecule has 3 N–H and O–H groups in total. The van der Waals surface area contributed by atoms with E-state index in [1.54, 1.807) is 11.3 Å². The van der Waals surface area contributed by atoms with E-state index < -0.39 is 0 Å². The maximum absolute atomic E-state index is 5.97. The van der Waals surface area contributed by atoms with Crippen molar-refractivity contribution in [2.75, 3.05) is 18.5 Å². The summed E-state index contributed by atoms with van der Waals surface area (Å²) in [6.45, 7) is 7.45. The number of nitrogens with one attached hydrogen (secondary N) is 1. The molecule has 124 valence electrons. The number of rotatable bonds is 7. The van der Waals surface area contributed by atoms with Crippen LogP contribution < -0.4 is 20.5 Å². The number of nitrogens with zero attached hydrogens (tertiary/aromatic N) is 2. The monoisotopic (exact) mass is 334 g/mol. The van der Waals surface area contributed by atoms with Gasteiger partial charge in [0.25, 0.3) is 0 Å². The first-order valence-corrected chi connectivity index (χ1v) is 8.38. The molecule has 0 atom stereocenters. The lowest BCUT2D eigenvalue weighted by Gasteiger charge is -2.13. The molecule has 0 bridgehead atoms. The van der Waals surface area contributed by atoms with Crippen LogP contribution in [0.5, 0.6) is 11.5 Å². The molecule has 2 aromatic rings. The van der Waals surface area contributed by atoms with E-state index in [1.807, 2.05) is 44.4 Å². The number of aliphatic imine (C=N–C) groups is 1. The van der Waals surface area contributed by atoms with Gasteiger partial charge in [-0.1, -0.05) is 0 Å². The van der Waals surface area contributed by atoms with E-state index in [0.29, 0.717) is 31.5 Å². The molecule has 1 aromatic heterocycles. The smallest absolute Gasteiger partial charge is 0.193 e. The molecule has 0 unspecified atom stereocenters. The molecule has 0 saturated heterocycles. The number of hydrogen-bond donors (Lipinski definition) is 2. The number of ether oxygens (including phenoxy) is 2. The number of thiazole rings is 1. The molecule has 0 radical (unpaired) electrons. The van der Waals surface area contributed by atoms with Crippen molar-refractivity contribution in [3.05, 3.63) is 34.3 Å². The van der Waals surface area contributed by atoms with E-state index in [1.165, 1.54) is 0 Å². The molecule has 1 aromatic carbocycles. The zero-order valence-corrected chi connectivity index (χ0v) is 14.4. The van der Waals surface area contributed by atoms with Crippen LogP contribution in [-0.2, 0) is 6.54 Å². The normalized spacial score (nSPS) is 11.3. The van der Waals surface area contributed by atoms with Gasteiger partial charge >= 0.3 is 0 Å². The van der Waals surface area contributed by atoms with Gasteiger partial charge in [-0.25, -0.2) is 9.98 Å². The van der Waals surface area contributed by atoms with Crippen LogP contribution in [0.15, 0.2) is 28.6 Å². The number of benzene rings is 1. The molecule has 7 heteroatoms. The lowest BCUT2D eigenvalue weighted by atomic mass is 10.2. The molecule has 0 fully saturated rings. The Balaban J connectivity index is 2.10. The van der Waals surface area contributed by atoms with Crippen molar-refractivity contribution in [3.8, 4) is 11.5 Å². The summed E-state index contributed by atoms with van der Waals surface area (Å²) in [6.07, 6.45) is 0. The molecule has 0 aliphatic heterocycles. The van der Waals surface area contributed by atoms with Crippen LogP contribution in [0.1, 0.15) is 24.5 Å². The van der Waals surface area contributed by atoms with Crippen molar-refractivity contribution >= 4 is 23.0 Å². The molecule has 0 aliphatic rings. The largest absolute Gasteiger partial charge is 0.494 e. The minimum atomic E-state index is 0.310. The Hall–Kier alpha value is -2.28. The number of guanidine groups is 1. The predicted octanol–water partition coefficient (Wildman–Crippen LogP) is 3.18. The van der Waals surface area contributed by atoms with Crippen LogP contribution in [0.4, 0.5) is 5.69 Å². The summed E-state index contributed by atoms with van der Waals surface area (Å²) in [4.78, 5) is 8.67. The standard InChI is InChI=1S/C16H22N4O2S/c1-4-21-13-6-7-15(22-5-2)14(8-13)20-16(17)18-9-12-10-23-11(3)19-12/h6-8,10H,4-5,9H2,1-3H3,(H3,17,18,20). The van der Waals surface area contributed by atoms with Gasteiger partial charge in [-0.3, -0.25) is 0 Å². The van der Waals surface area contributed by atoms with Gasteiger partial charge in [-0.05, 0) is 32.9 Å². The molecule has 0 amide bonds. The van der Waals surface area contributed by atoms with E-state index in [2.05, 4.69) is 15.3 Å². The Morgan fingerprint density at radius 1 is 1.30 bits per heavy atom. The number of aryl methyl sites for hydroxylation is 1. The predicted molar refractivity (Wildman–Crippen MR) is 94.6 cm³/mol. The van der Waals surface area contributed by atoms with Crippen LogP contribution in [-0.4, -0.2) is 24.2 Å². The number of nitrogens with two attached hydrogens (primary N) is 1. The second-order valence-electron chi connectivity index (χ2n) is 4.71. The second kappa shape index (κ2) is 8.38. The van der Waals surface area contributed by atoms with Crippen molar-refractivity contribution in [2.24, 2.45) is 10.7 Å². The third-order valence-electron chi connectivity index (χ3n) is 2.90. The van der Waals surface area contributed by atoms with Gasteiger partial charge in [-0.15, -0.1) is 11.3 Å². The third kappa shape index (κ3) is 5.14. The van der Waals surface area contributed by atoms with Crippen molar-refractivity contribution in [2.45, 2.75) is 27.3 Å². The van der Waals surface area contributed by atoms with Gasteiger partial charge in [0.2, 0.25) is 0 Å². The zero-order chi connectivity index (χ0) is 16.7. The maximum Gasteiger partial charge on any atom is 0.193 e. The highest BCUT2D eigenvalue weighted by Gasteiger charge is 2.07. The summed E-state index contributed by atoms with van der Waals surface area (Å²) in [7, 11) is 0. The Morgan fingerprint density at radius 2 is 2.09 bits per heavy atom. The van der Waals surface area contributed by atoms with Crippen molar-refractivity contribution in [1.82, 2.24) is 4.98 Å². The van der Waals surface area contributed by atoms with E-state index in [-0.39, 0.29) is 0 Å². The van der Waals surface area contributed by atoms with E-state index in [9.17, 15) is 0 Å². The molecule has 0 saturated carbocycles. The topological polar surface area (TPSA) is 81.8 Å². The fraction of sp³-hybridized carbons (Fsp3) is 0.375. The molecular formula is C16H22N4O2S. The minimum Gasteiger partial charge on any atom is -0.494 e. The highest BCUT2D eigenvalue weighted by Crippen LogP contribution is 2.29. The Labute approximate surface area is 140 Å². The number of anilines is 1. The van der Waals surface area contributed by atoms with Crippen molar-refractivity contribution in [3.63, 3.8) is 0 Å². The third-order valence-corrected chi connectivity index (χ3v) is 3.72. The van der Waals surface area contributed by atoms with E-state index >= 15 is 0 Å². The van der Waals surface area contributed by atoms with Gasteiger partial charge in [-0.2, -0.15) is 0 Å². The lowest BCUT2D eigenvalue weighted by Crippen LogP contribution is -2.23. The summed E-state index contributed by atoms with van der Waals surface area (Å²) in [6, 6.07) is 5.57. The first-order valence-electron chi connectivity index (χ1n) is 7.50. The van der Waals surface area contributed by atoms with Crippen molar-refractivity contribution < 1.29 is 9.47 Å². The Kier molecular flexibility index (Phi) is 6.22. The van der Waals surface area contributed by atoms with Gasteiger partial charge in [0.1, 0.15) is 11.5 Å². The van der Waals surface area contributed by atoms with E-state index in [0.717, 1.165) is 22.1 Å². The zero-order valence-electron chi connectivity index (χ0n) is 13.6. The van der Waals surface area contributed by atoms with Crippen LogP contribution in [0.2, 0.25) is 0 Å². The fourth-order valence-corrected chi connectivity index (χ4v) is 2.57. The highest BCUT2D eigenvalue weighted by molar-refractivity contribution is 7.09. The number of hydrogen-bond acceptors (Lipinski definition) is 5. The molecule has 2 rings (SSSR count). The highest BCUT2D eigenvalue weighted by atomic mass is 32.1. The second-order valence-corrected chi connectivity index (χ2v) is 5.77. The summed E-state index contributed by atoms with van der Waals surface area (Å²) < 4.78 is 11.1. The lowest BCUT2D eigenvalue weighted by molar-refractivity contribution is 0.332. The average Bonchev–Trinajstić information content (AvgIpc) is 2.94. The van der Waals surface area contributed by atoms with Crippen LogP contribution in [0.25, 0.3) is 0 Å². The maximum atomic E-state index is 5.97. The molecular weight excluding hydrogens is 312 g/mol. The summed E-state index contributed by atoms with van der Waals surface area (Å²) in [5.74, 6) is 1.77. The SMILES string of the molecule is CCOc1ccc(OCC)c(NC(N)=NCc2csc(C)n2)c1. The van der Waals surface area contributed by atoms with Crippen LogP contribution in [0.3, 0.4) is 0 Å². The first-order chi connectivity index (χ1) is 11.1. The average molecular weight is 334 g/mol. The Morgan fingerprint density at radius 3 is 2.74 bits per heavy atom. The molecule has 23 heavy (non-hydrogen) atoms. The minimum absolute atomic E-state index is 0.310. The Bertz CT molecular complexity index is 670. The van der Waals surface area contributed by atoms with E-state index in [4.69, 9.17) is 15.2 Å². The van der Waals surface area contributed by atoms with Gasteiger partial charge in [0, 0.05) is 11.4 Å². The summed E-state index contributed by atoms with van der Waals surface area (Å²) >= 11 is 1.60. The van der Waals surface area contributed by atoms with Gasteiger partial charge < -0.3 is 20.5 Å². The van der Waals surface area contributed by atoms with Crippen molar-refractivity contribution in [1.29, 1.82) is 0 Å². The van der Waals surface area contributed by atoms with Crippen LogP contribution >= 0.6 is 11.3 Å². The molecule has 0 aliphatic carbocycles. The first kappa shape index (κ1) is 17.1. The van der Waals surface area contributed by atoms with Crippen LogP contribution in [0, 0.1) is 6.92 Å². The summed E-state index contributed by atoms with van der Waals surface area (Å²) in [5, 5.41) is 6.07. The molecule has 0 spiro atoms. The molecule has 1 heterocycles. The number of aromatic nitrogens is 1. The summed E-state index contributed by atoms with van der Waals surface area (Å²) in [5.41, 5.74) is 7.61. The quantitative estimate of drug-likeness (QED) is 0.600.